The van der Waals surface area contributed by atoms with Gasteiger partial charge in [-0.25, -0.2) is 4.79 Å². The zero-order valence-electron chi connectivity index (χ0n) is 18.7. The third kappa shape index (κ3) is 6.80. The van der Waals surface area contributed by atoms with E-state index in [0.29, 0.717) is 6.42 Å². The molecule has 170 valence electrons. The number of aliphatic carboxylic acids is 1. The van der Waals surface area contributed by atoms with Crippen molar-refractivity contribution in [1.29, 1.82) is 0 Å². The van der Waals surface area contributed by atoms with Gasteiger partial charge in [-0.05, 0) is 28.7 Å². The van der Waals surface area contributed by atoms with Crippen LogP contribution in [0.1, 0.15) is 18.1 Å². The number of carboxylic acids is 1. The Kier molecular flexibility index (Phi) is 8.44. The number of hydrogen-bond acceptors (Lipinski definition) is 4. The van der Waals surface area contributed by atoms with Gasteiger partial charge in [0.1, 0.15) is 6.04 Å². The van der Waals surface area contributed by atoms with Gasteiger partial charge >= 0.3 is 5.97 Å². The fourth-order valence-corrected chi connectivity index (χ4v) is 4.61. The van der Waals surface area contributed by atoms with E-state index in [4.69, 9.17) is 0 Å². The third-order valence-electron chi connectivity index (χ3n) is 5.44. The summed E-state index contributed by atoms with van der Waals surface area (Å²) < 4.78 is 0. The maximum atomic E-state index is 13.2. The average Bonchev–Trinajstić information content (AvgIpc) is 2.82. The number of benzene rings is 3. The van der Waals surface area contributed by atoms with Crippen molar-refractivity contribution in [3.8, 4) is 11.1 Å². The fraction of sp³-hybridized carbons (Fsp3) is 0.222. The van der Waals surface area contributed by atoms with E-state index in [1.165, 1.54) is 18.9 Å². The van der Waals surface area contributed by atoms with E-state index in [9.17, 15) is 19.5 Å². The Bertz CT molecular complexity index is 1080. The van der Waals surface area contributed by atoms with Gasteiger partial charge in [-0.15, -0.1) is 0 Å². The van der Waals surface area contributed by atoms with Crippen molar-refractivity contribution >= 4 is 28.8 Å². The number of hydrogen-bond donors (Lipinski definition) is 1. The van der Waals surface area contributed by atoms with Crippen molar-refractivity contribution in [3.63, 3.8) is 0 Å². The van der Waals surface area contributed by atoms with Crippen LogP contribution in [0.2, 0.25) is 0 Å². The Morgan fingerprint density at radius 1 is 0.788 bits per heavy atom. The average molecular weight is 462 g/mol. The molecule has 3 aromatic carbocycles. The van der Waals surface area contributed by atoms with E-state index in [2.05, 4.69) is 0 Å². The predicted molar refractivity (Wildman–Crippen MR) is 132 cm³/mol. The van der Waals surface area contributed by atoms with Crippen LogP contribution >= 0.6 is 11.8 Å². The van der Waals surface area contributed by atoms with Crippen LogP contribution in [-0.2, 0) is 27.2 Å². The summed E-state index contributed by atoms with van der Waals surface area (Å²) in [4.78, 5) is 38.4. The molecular weight excluding hydrogens is 434 g/mol. The second kappa shape index (κ2) is 11.5. The van der Waals surface area contributed by atoms with E-state index < -0.39 is 17.3 Å². The zero-order chi connectivity index (χ0) is 23.8. The summed E-state index contributed by atoms with van der Waals surface area (Å²) in [5.41, 5.74) is 3.86. The van der Waals surface area contributed by atoms with E-state index in [-0.39, 0.29) is 17.4 Å². The molecule has 0 aliphatic heterocycles. The molecule has 5 nitrogen and oxygen atoms in total. The maximum Gasteiger partial charge on any atom is 0.326 e. The van der Waals surface area contributed by atoms with Gasteiger partial charge in [0.05, 0.1) is 5.25 Å². The number of thioether (sulfide) groups is 1. The molecule has 0 fully saturated rings. The molecule has 3 aromatic rings. The lowest BCUT2D eigenvalue weighted by Crippen LogP contribution is -2.47. The first kappa shape index (κ1) is 24.3. The van der Waals surface area contributed by atoms with E-state index in [1.807, 2.05) is 84.9 Å². The second-order valence-corrected chi connectivity index (χ2v) is 9.24. The molecule has 3 rings (SSSR count). The molecule has 1 N–H and O–H groups in total. The van der Waals surface area contributed by atoms with Crippen LogP contribution in [-0.4, -0.2) is 45.3 Å². The Morgan fingerprint density at radius 3 is 1.85 bits per heavy atom. The molecule has 0 heterocycles. The molecule has 2 atom stereocenters. The first-order valence-electron chi connectivity index (χ1n) is 10.7. The van der Waals surface area contributed by atoms with Crippen LogP contribution in [0.4, 0.5) is 0 Å². The summed E-state index contributed by atoms with van der Waals surface area (Å²) in [6.45, 7) is 1.42. The molecular formula is C27H27NO4S. The first-order chi connectivity index (χ1) is 15.8. The van der Waals surface area contributed by atoms with Gasteiger partial charge < -0.3 is 10.0 Å². The monoisotopic (exact) mass is 461 g/mol. The number of carboxylic acid groups (broad SMARTS) is 1. The van der Waals surface area contributed by atoms with Gasteiger partial charge in [-0.3, -0.25) is 9.59 Å². The topological polar surface area (TPSA) is 74.7 Å². The number of carbonyl (C=O) groups excluding carboxylic acids is 2. The van der Waals surface area contributed by atoms with Gasteiger partial charge in [0.2, 0.25) is 5.91 Å². The van der Waals surface area contributed by atoms with Gasteiger partial charge in [0, 0.05) is 20.4 Å². The minimum atomic E-state index is -1.08. The van der Waals surface area contributed by atoms with Gasteiger partial charge in [0.25, 0.3) is 0 Å². The van der Waals surface area contributed by atoms with Crippen LogP contribution < -0.4 is 0 Å². The van der Waals surface area contributed by atoms with Crippen molar-refractivity contribution in [2.75, 3.05) is 7.05 Å². The minimum absolute atomic E-state index is 0.176. The fourth-order valence-electron chi connectivity index (χ4n) is 3.67. The SMILES string of the molecule is CC(=O)SC(Cc1ccccc1)C(=O)N(C)C(Cc1ccc(-c2ccccc2)cc1)C(=O)O. The number of carbonyl (C=O) groups is 3. The Morgan fingerprint density at radius 2 is 1.30 bits per heavy atom. The number of nitrogens with zero attached hydrogens (tertiary/aromatic N) is 1. The quantitative estimate of drug-likeness (QED) is 0.500. The minimum Gasteiger partial charge on any atom is -0.480 e. The van der Waals surface area contributed by atoms with Crippen molar-refractivity contribution in [3.05, 3.63) is 96.1 Å². The molecule has 0 aromatic heterocycles. The lowest BCUT2D eigenvalue weighted by Gasteiger charge is -2.28. The van der Waals surface area contributed by atoms with Crippen LogP contribution in [0.3, 0.4) is 0 Å². The normalized spacial score (nSPS) is 12.5. The number of rotatable bonds is 9. The molecule has 0 saturated heterocycles. The maximum absolute atomic E-state index is 13.2. The molecule has 0 spiro atoms. The highest BCUT2D eigenvalue weighted by Crippen LogP contribution is 2.23. The lowest BCUT2D eigenvalue weighted by atomic mass is 10.00. The van der Waals surface area contributed by atoms with Crippen molar-refractivity contribution in [1.82, 2.24) is 4.90 Å². The Labute approximate surface area is 198 Å². The van der Waals surface area contributed by atoms with Gasteiger partial charge in [-0.1, -0.05) is 96.7 Å². The first-order valence-corrected chi connectivity index (χ1v) is 11.6. The number of amides is 1. The van der Waals surface area contributed by atoms with E-state index in [0.717, 1.165) is 34.0 Å². The lowest BCUT2D eigenvalue weighted by molar-refractivity contribution is -0.148. The van der Waals surface area contributed by atoms with Crippen molar-refractivity contribution < 1.29 is 19.5 Å². The van der Waals surface area contributed by atoms with Gasteiger partial charge in [-0.2, -0.15) is 0 Å². The van der Waals surface area contributed by atoms with Crippen LogP contribution in [0.15, 0.2) is 84.9 Å². The Balaban J connectivity index is 1.76. The molecule has 0 radical (unpaired) electrons. The third-order valence-corrected chi connectivity index (χ3v) is 6.42. The molecule has 0 aliphatic rings. The second-order valence-electron chi connectivity index (χ2n) is 7.86. The smallest absolute Gasteiger partial charge is 0.326 e. The summed E-state index contributed by atoms with van der Waals surface area (Å²) >= 11 is 0.943. The van der Waals surface area contributed by atoms with Crippen LogP contribution in [0, 0.1) is 0 Å². The summed E-state index contributed by atoms with van der Waals surface area (Å²) in [5, 5.41) is 9.01. The molecule has 0 aliphatic carbocycles. The van der Waals surface area contributed by atoms with E-state index >= 15 is 0 Å². The zero-order valence-corrected chi connectivity index (χ0v) is 19.5. The molecule has 0 saturated carbocycles. The summed E-state index contributed by atoms with van der Waals surface area (Å²) in [6.07, 6.45) is 0.530. The Hall–Kier alpha value is -3.38. The molecule has 2 unspecified atom stereocenters. The highest BCUT2D eigenvalue weighted by Gasteiger charge is 2.32. The molecule has 0 bridgehead atoms. The summed E-state index contributed by atoms with van der Waals surface area (Å²) in [5.74, 6) is -1.45. The summed E-state index contributed by atoms with van der Waals surface area (Å²) in [7, 11) is 1.50. The van der Waals surface area contributed by atoms with E-state index in [1.54, 1.807) is 0 Å². The predicted octanol–water partition coefficient (Wildman–Crippen LogP) is 4.70. The van der Waals surface area contributed by atoms with Crippen molar-refractivity contribution in [2.45, 2.75) is 31.1 Å². The van der Waals surface area contributed by atoms with Gasteiger partial charge in [0.15, 0.2) is 5.12 Å². The van der Waals surface area contributed by atoms with Crippen LogP contribution in [0.25, 0.3) is 11.1 Å². The molecule has 6 heteroatoms. The standard InChI is InChI=1S/C27H27NO4S/c1-19(29)33-25(18-20-9-5-3-6-10-20)26(30)28(2)24(27(31)32)17-21-13-15-23(16-14-21)22-11-7-4-8-12-22/h3-16,24-25H,17-18H2,1-2H3,(H,31,32). The number of likely N-dealkylation sites (N-methyl/N-ethyl adjacent to an activating group) is 1. The highest BCUT2D eigenvalue weighted by atomic mass is 32.2. The van der Waals surface area contributed by atoms with Crippen molar-refractivity contribution in [2.24, 2.45) is 0 Å². The largest absolute Gasteiger partial charge is 0.480 e. The molecule has 33 heavy (non-hydrogen) atoms. The summed E-state index contributed by atoms with van der Waals surface area (Å²) in [6, 6.07) is 26.0. The highest BCUT2D eigenvalue weighted by molar-refractivity contribution is 8.14. The van der Waals surface area contributed by atoms with Crippen LogP contribution in [0.5, 0.6) is 0 Å². The molecule has 1 amide bonds.